The fraction of sp³-hybridized carbons (Fsp3) is 0.459. The Hall–Kier alpha value is -5.84. The van der Waals surface area contributed by atoms with Crippen molar-refractivity contribution >= 4 is 47.7 Å². The number of benzene rings is 2. The van der Waals surface area contributed by atoms with Gasteiger partial charge >= 0.3 is 41.9 Å². The zero-order valence-corrected chi connectivity index (χ0v) is 30.7. The number of unbranched alkanes of at least 4 members (excludes halogenated alkanes) is 2. The van der Waals surface area contributed by atoms with Crippen molar-refractivity contribution in [3.63, 3.8) is 0 Å². The van der Waals surface area contributed by atoms with Crippen molar-refractivity contribution in [3.8, 4) is 0 Å². The van der Waals surface area contributed by atoms with Crippen LogP contribution in [0.4, 0.5) is 4.79 Å². The summed E-state index contributed by atoms with van der Waals surface area (Å²) in [6, 6.07) is 18.4. The van der Waals surface area contributed by atoms with Gasteiger partial charge in [-0.25, -0.2) is 4.79 Å². The number of hydrogen-bond acceptors (Lipinski definition) is 13. The summed E-state index contributed by atoms with van der Waals surface area (Å²) < 4.78 is 17.8. The molecule has 0 heterocycles. The molecule has 0 aliphatic carbocycles. The second kappa shape index (κ2) is 33.0. The smallest absolute Gasteiger partial charge is 0.408 e. The van der Waals surface area contributed by atoms with E-state index in [2.05, 4.69) is 19.5 Å². The topological polar surface area (TPSA) is 266 Å². The lowest BCUT2D eigenvalue weighted by atomic mass is 9.99. The van der Waals surface area contributed by atoms with Crippen molar-refractivity contribution in [2.75, 3.05) is 27.9 Å². The third kappa shape index (κ3) is 32.1. The van der Waals surface area contributed by atoms with Gasteiger partial charge in [0.2, 0.25) is 0 Å². The standard InChI is InChI=1S/C22H27NO4.3C5H8O4/c24-15-9-3-8-14-21(25)20(16-18-10-4-1-5-11-18)23-22(26)27-17-19-12-6-2-7-13-19;3*1-9-5(8)3-2-4(6)7/h1-2,4-7,10-13,20,24H,3,8-9,14-17H2,(H,23,26);3*2-3H2,1H3,(H,6,7). The quantitative estimate of drug-likeness (QED) is 0.0730. The van der Waals surface area contributed by atoms with Crippen molar-refractivity contribution in [2.45, 2.75) is 83.3 Å². The Morgan fingerprint density at radius 2 is 0.963 bits per heavy atom. The van der Waals surface area contributed by atoms with E-state index in [-0.39, 0.29) is 57.5 Å². The maximum Gasteiger partial charge on any atom is 0.408 e. The largest absolute Gasteiger partial charge is 0.481 e. The van der Waals surface area contributed by atoms with E-state index in [1.54, 1.807) is 0 Å². The molecule has 0 saturated carbocycles. The molecule has 0 radical (unpaired) electrons. The molecule has 1 amide bonds. The van der Waals surface area contributed by atoms with Gasteiger partial charge in [-0.1, -0.05) is 67.1 Å². The highest BCUT2D eigenvalue weighted by Crippen LogP contribution is 2.10. The molecule has 300 valence electrons. The van der Waals surface area contributed by atoms with Gasteiger partial charge in [-0.2, -0.15) is 0 Å². The van der Waals surface area contributed by atoms with E-state index in [0.717, 1.165) is 17.5 Å². The van der Waals surface area contributed by atoms with Crippen LogP contribution in [0.1, 0.15) is 75.3 Å². The van der Waals surface area contributed by atoms with Crippen molar-refractivity contribution in [3.05, 3.63) is 71.8 Å². The third-order valence-electron chi connectivity index (χ3n) is 6.57. The van der Waals surface area contributed by atoms with E-state index in [0.29, 0.717) is 25.7 Å². The number of alkyl carbamates (subject to hydrolysis) is 1. The van der Waals surface area contributed by atoms with Crippen LogP contribution in [0.5, 0.6) is 0 Å². The van der Waals surface area contributed by atoms with Crippen molar-refractivity contribution in [2.24, 2.45) is 0 Å². The fourth-order valence-electron chi connectivity index (χ4n) is 3.70. The van der Waals surface area contributed by atoms with Gasteiger partial charge in [-0.3, -0.25) is 33.6 Å². The number of aliphatic hydroxyl groups is 1. The lowest BCUT2D eigenvalue weighted by Gasteiger charge is -2.18. The number of hydrogen-bond donors (Lipinski definition) is 5. The van der Waals surface area contributed by atoms with Crippen molar-refractivity contribution in [1.29, 1.82) is 0 Å². The number of amides is 1. The van der Waals surface area contributed by atoms with Gasteiger partial charge in [0.25, 0.3) is 0 Å². The highest BCUT2D eigenvalue weighted by molar-refractivity contribution is 5.87. The van der Waals surface area contributed by atoms with Crippen LogP contribution in [0.15, 0.2) is 60.7 Å². The van der Waals surface area contributed by atoms with Crippen molar-refractivity contribution < 1.29 is 77.7 Å². The number of aliphatic hydroxyl groups excluding tert-OH is 1. The van der Waals surface area contributed by atoms with Crippen molar-refractivity contribution in [1.82, 2.24) is 5.32 Å². The molecule has 0 bridgehead atoms. The minimum atomic E-state index is -0.986. The number of ether oxygens (including phenoxy) is 4. The van der Waals surface area contributed by atoms with Crippen LogP contribution in [0.25, 0.3) is 0 Å². The van der Waals surface area contributed by atoms with Crippen LogP contribution >= 0.6 is 0 Å². The summed E-state index contributed by atoms with van der Waals surface area (Å²) in [4.78, 5) is 84.9. The molecule has 17 nitrogen and oxygen atoms in total. The number of carbonyl (C=O) groups excluding carboxylic acids is 5. The number of aliphatic carboxylic acids is 3. The van der Waals surface area contributed by atoms with Gasteiger partial charge in [0.15, 0.2) is 5.78 Å². The molecule has 1 unspecified atom stereocenters. The zero-order valence-electron chi connectivity index (χ0n) is 30.7. The Balaban J connectivity index is 0. The molecule has 5 N–H and O–H groups in total. The average Bonchev–Trinajstić information content (AvgIpc) is 3.17. The molecule has 17 heteroatoms. The van der Waals surface area contributed by atoms with E-state index in [1.807, 2.05) is 60.7 Å². The van der Waals surface area contributed by atoms with Gasteiger partial charge in [-0.05, 0) is 30.4 Å². The molecule has 0 aromatic heterocycles. The third-order valence-corrected chi connectivity index (χ3v) is 6.57. The molecular formula is C37H51NO16. The van der Waals surface area contributed by atoms with E-state index < -0.39 is 48.0 Å². The van der Waals surface area contributed by atoms with E-state index in [9.17, 15) is 38.4 Å². The molecule has 0 saturated heterocycles. The van der Waals surface area contributed by atoms with Crippen LogP contribution in [0.3, 0.4) is 0 Å². The Kier molecular flexibility index (Phi) is 30.7. The van der Waals surface area contributed by atoms with Crippen LogP contribution < -0.4 is 5.32 Å². The van der Waals surface area contributed by atoms with E-state index in [4.69, 9.17) is 25.2 Å². The first kappa shape index (κ1) is 50.3. The molecule has 2 rings (SSSR count). The predicted molar refractivity (Wildman–Crippen MR) is 191 cm³/mol. The molecule has 2 aromatic rings. The molecule has 0 fully saturated rings. The van der Waals surface area contributed by atoms with Gasteiger partial charge in [0.1, 0.15) is 6.61 Å². The molecule has 0 spiro atoms. The Morgan fingerprint density at radius 1 is 0.556 bits per heavy atom. The maximum atomic E-state index is 12.6. The minimum Gasteiger partial charge on any atom is -0.481 e. The van der Waals surface area contributed by atoms with Crippen LogP contribution in [-0.2, 0) is 65.5 Å². The first-order chi connectivity index (χ1) is 25.7. The number of methoxy groups -OCH3 is 3. The highest BCUT2D eigenvalue weighted by atomic mass is 16.5. The Morgan fingerprint density at radius 3 is 1.33 bits per heavy atom. The average molecular weight is 766 g/mol. The van der Waals surface area contributed by atoms with E-state index >= 15 is 0 Å². The number of carboxylic acid groups (broad SMARTS) is 3. The Labute approximate surface area is 313 Å². The maximum absolute atomic E-state index is 12.6. The summed E-state index contributed by atoms with van der Waals surface area (Å²) in [5, 5.41) is 35.7. The lowest BCUT2D eigenvalue weighted by Crippen LogP contribution is -2.42. The lowest BCUT2D eigenvalue weighted by molar-refractivity contribution is -0.145. The summed E-state index contributed by atoms with van der Waals surface area (Å²) in [5.41, 5.74) is 1.87. The van der Waals surface area contributed by atoms with Crippen LogP contribution in [0, 0.1) is 0 Å². The van der Waals surface area contributed by atoms with Gasteiger partial charge in [0.05, 0.1) is 65.9 Å². The normalized spacial score (nSPS) is 10.1. The summed E-state index contributed by atoms with van der Waals surface area (Å²) in [6.07, 6.45) is 1.75. The molecule has 2 aromatic carbocycles. The second-order valence-electron chi connectivity index (χ2n) is 10.9. The predicted octanol–water partition coefficient (Wildman–Crippen LogP) is 3.72. The first-order valence-electron chi connectivity index (χ1n) is 16.7. The number of ketones is 1. The molecule has 0 aliphatic heterocycles. The number of carboxylic acids is 3. The van der Waals surface area contributed by atoms with Gasteiger partial charge in [0, 0.05) is 13.0 Å². The van der Waals surface area contributed by atoms with E-state index in [1.165, 1.54) is 21.3 Å². The van der Waals surface area contributed by atoms with Gasteiger partial charge in [-0.15, -0.1) is 0 Å². The summed E-state index contributed by atoms with van der Waals surface area (Å²) >= 11 is 0. The minimum absolute atomic E-state index is 0.0200. The van der Waals surface area contributed by atoms with Gasteiger partial charge < -0.3 is 44.7 Å². The monoisotopic (exact) mass is 765 g/mol. The number of esters is 3. The molecule has 1 atom stereocenters. The second-order valence-corrected chi connectivity index (χ2v) is 10.9. The summed E-state index contributed by atoms with van der Waals surface area (Å²) in [7, 11) is 3.68. The molecule has 0 aliphatic rings. The zero-order chi connectivity index (χ0) is 41.1. The highest BCUT2D eigenvalue weighted by Gasteiger charge is 2.21. The van der Waals surface area contributed by atoms with Crippen LogP contribution in [0.2, 0.25) is 0 Å². The number of nitrogens with one attached hydrogen (secondary N) is 1. The number of carbonyl (C=O) groups is 8. The first-order valence-corrected chi connectivity index (χ1v) is 16.7. The summed E-state index contributed by atoms with van der Waals surface area (Å²) in [5.74, 6) is -4.44. The fourth-order valence-corrected chi connectivity index (χ4v) is 3.70. The molecular weight excluding hydrogens is 714 g/mol. The number of rotatable bonds is 20. The summed E-state index contributed by atoms with van der Waals surface area (Å²) in [6.45, 7) is 0.293. The number of Topliss-reactive ketones (excluding diaryl/α,β-unsaturated/α-hetero) is 1. The Bertz CT molecular complexity index is 1330. The van der Waals surface area contributed by atoms with Crippen LogP contribution in [-0.4, -0.2) is 102 Å². The molecule has 54 heavy (non-hydrogen) atoms. The SMILES string of the molecule is COC(=O)CCC(=O)O.COC(=O)CCC(=O)O.COC(=O)CCC(=O)O.O=C(NC(Cc1ccccc1)C(=O)CCCCCO)OCc1ccccc1.